The molecule has 0 aliphatic rings. The van der Waals surface area contributed by atoms with E-state index in [1.165, 1.54) is 0 Å². The number of carboxylic acids is 1. The van der Waals surface area contributed by atoms with Crippen LogP contribution in [0.15, 0.2) is 47.4 Å². The maximum atomic E-state index is 14.0. The van der Waals surface area contributed by atoms with Gasteiger partial charge in [-0.2, -0.15) is 13.2 Å². The number of hydrogen-bond acceptors (Lipinski definition) is 5. The first-order chi connectivity index (χ1) is 20.6. The summed E-state index contributed by atoms with van der Waals surface area (Å²) in [7, 11) is 0. The third kappa shape index (κ3) is 8.10. The molecule has 44 heavy (non-hydrogen) atoms. The summed E-state index contributed by atoms with van der Waals surface area (Å²) in [4.78, 5) is 42.3. The number of nitrogens with zero attached hydrogens (tertiary/aromatic N) is 4. The zero-order valence-electron chi connectivity index (χ0n) is 24.7. The fraction of sp³-hybridized carbons (Fsp3) is 0.400. The summed E-state index contributed by atoms with van der Waals surface area (Å²) >= 11 is 12.7. The largest absolute Gasteiger partial charge is 0.490 e. The Labute approximate surface area is 262 Å². The van der Waals surface area contributed by atoms with Gasteiger partial charge in [0.2, 0.25) is 5.91 Å². The molecule has 1 amide bonds. The Hall–Kier alpha value is -3.61. The molecule has 9 nitrogen and oxygen atoms in total. The van der Waals surface area contributed by atoms with Gasteiger partial charge in [0.1, 0.15) is 12.2 Å². The SMILES string of the molecule is CCN(CC)C(=O)Cn1cc(-c2nc3cc(Cl)c(Cl)cc3n(CC(N)CC(C)C)c2=O)c2ccccc21.O=C(O)C(F)(F)F. The van der Waals surface area contributed by atoms with E-state index in [9.17, 15) is 22.8 Å². The number of benzene rings is 2. The monoisotopic (exact) mass is 655 g/mol. The van der Waals surface area contributed by atoms with Gasteiger partial charge in [-0.25, -0.2) is 9.78 Å². The maximum Gasteiger partial charge on any atom is 0.490 e. The lowest BCUT2D eigenvalue weighted by atomic mass is 10.0. The highest BCUT2D eigenvalue weighted by Gasteiger charge is 2.38. The van der Waals surface area contributed by atoms with Crippen molar-refractivity contribution < 1.29 is 27.9 Å². The van der Waals surface area contributed by atoms with E-state index in [1.807, 2.05) is 48.9 Å². The Morgan fingerprint density at radius 3 is 2.23 bits per heavy atom. The van der Waals surface area contributed by atoms with Crippen LogP contribution in [0, 0.1) is 5.92 Å². The first-order valence-electron chi connectivity index (χ1n) is 13.9. The first-order valence-corrected chi connectivity index (χ1v) is 14.7. The fourth-order valence-corrected chi connectivity index (χ4v) is 5.21. The van der Waals surface area contributed by atoms with Crippen molar-refractivity contribution in [1.29, 1.82) is 0 Å². The molecule has 0 aliphatic heterocycles. The lowest BCUT2D eigenvalue weighted by Crippen LogP contribution is -2.34. The quantitative estimate of drug-likeness (QED) is 0.221. The predicted octanol–water partition coefficient (Wildman–Crippen LogP) is 6.20. The molecule has 1 unspecified atom stereocenters. The summed E-state index contributed by atoms with van der Waals surface area (Å²) in [5.74, 6) is -2.35. The Kier molecular flexibility index (Phi) is 11.5. The highest BCUT2D eigenvalue weighted by Crippen LogP contribution is 2.31. The molecule has 3 N–H and O–H groups in total. The minimum atomic E-state index is -5.08. The van der Waals surface area contributed by atoms with Crippen LogP contribution in [0.4, 0.5) is 13.2 Å². The van der Waals surface area contributed by atoms with E-state index in [0.717, 1.165) is 17.3 Å². The highest BCUT2D eigenvalue weighted by molar-refractivity contribution is 6.42. The standard InChI is InChI=1S/C28H33Cl2N5O2.C2HF3O2/c1-5-33(6-2)26(36)16-34-15-20(19-9-7-8-10-24(19)34)27-28(37)35(14-18(31)11-17(3)4)25-13-22(30)21(29)12-23(25)32-27;3-2(4,5)1(6)7/h7-10,12-13,15,17-18H,5-6,11,14,16,31H2,1-4H3;(H,6,7). The number of rotatable bonds is 9. The van der Waals surface area contributed by atoms with Crippen LogP contribution in [-0.4, -0.2) is 61.3 Å². The van der Waals surface area contributed by atoms with E-state index in [0.29, 0.717) is 52.2 Å². The Morgan fingerprint density at radius 1 is 1.07 bits per heavy atom. The van der Waals surface area contributed by atoms with Gasteiger partial charge in [0.25, 0.3) is 5.56 Å². The molecule has 2 aromatic heterocycles. The molecule has 14 heteroatoms. The van der Waals surface area contributed by atoms with Gasteiger partial charge in [0.15, 0.2) is 0 Å². The summed E-state index contributed by atoms with van der Waals surface area (Å²) in [6, 6.07) is 10.8. The Morgan fingerprint density at radius 2 is 1.66 bits per heavy atom. The number of aliphatic carboxylic acids is 1. The topological polar surface area (TPSA) is 123 Å². The molecule has 0 spiro atoms. The average molecular weight is 657 g/mol. The molecule has 0 fully saturated rings. The summed E-state index contributed by atoms with van der Waals surface area (Å²) in [5.41, 5.74) is 9.12. The van der Waals surface area contributed by atoms with Gasteiger partial charge in [-0.05, 0) is 44.4 Å². The number of hydrogen-bond donors (Lipinski definition) is 2. The van der Waals surface area contributed by atoms with E-state index < -0.39 is 12.1 Å². The number of carboxylic acid groups (broad SMARTS) is 1. The molecule has 1 atom stereocenters. The fourth-order valence-electron chi connectivity index (χ4n) is 4.90. The van der Waals surface area contributed by atoms with Crippen molar-refractivity contribution in [2.75, 3.05) is 13.1 Å². The number of amides is 1. The van der Waals surface area contributed by atoms with Gasteiger partial charge in [0.05, 0.1) is 21.1 Å². The van der Waals surface area contributed by atoms with E-state index in [-0.39, 0.29) is 29.7 Å². The third-order valence-electron chi connectivity index (χ3n) is 6.89. The maximum absolute atomic E-state index is 14.0. The summed E-state index contributed by atoms with van der Waals surface area (Å²) in [6.07, 6.45) is -2.47. The van der Waals surface area contributed by atoms with E-state index in [4.69, 9.17) is 43.8 Å². The molecule has 2 aromatic carbocycles. The molecule has 0 radical (unpaired) electrons. The van der Waals surface area contributed by atoms with Crippen LogP contribution in [0.5, 0.6) is 0 Å². The van der Waals surface area contributed by atoms with Crippen LogP contribution in [-0.2, 0) is 22.7 Å². The second kappa shape index (κ2) is 14.4. The number of halogens is 5. The molecule has 0 bridgehead atoms. The predicted molar refractivity (Wildman–Crippen MR) is 166 cm³/mol. The molecule has 2 heterocycles. The smallest absolute Gasteiger partial charge is 0.475 e. The number of fused-ring (bicyclic) bond motifs is 2. The number of carbonyl (C=O) groups excluding carboxylic acids is 1. The number of aromatic nitrogens is 3. The van der Waals surface area contributed by atoms with Crippen molar-refractivity contribution in [3.8, 4) is 11.3 Å². The van der Waals surface area contributed by atoms with E-state index >= 15 is 0 Å². The normalized spacial score (nSPS) is 12.3. The van der Waals surface area contributed by atoms with Gasteiger partial charge in [-0.3, -0.25) is 9.59 Å². The van der Waals surface area contributed by atoms with Gasteiger partial charge in [0, 0.05) is 48.3 Å². The molecule has 238 valence electrons. The molecule has 0 saturated heterocycles. The Bertz CT molecular complexity index is 1720. The second-order valence-corrected chi connectivity index (χ2v) is 11.4. The molecule has 0 saturated carbocycles. The van der Waals surface area contributed by atoms with Gasteiger partial charge < -0.3 is 24.9 Å². The van der Waals surface area contributed by atoms with Gasteiger partial charge in [-0.15, -0.1) is 0 Å². The van der Waals surface area contributed by atoms with Crippen molar-refractivity contribution in [2.45, 2.75) is 59.4 Å². The number of alkyl halides is 3. The number of nitrogens with two attached hydrogens (primary N) is 1. The molecule has 0 aliphatic carbocycles. The molecule has 4 rings (SSSR count). The van der Waals surface area contributed by atoms with Crippen molar-refractivity contribution in [3.63, 3.8) is 0 Å². The van der Waals surface area contributed by atoms with Gasteiger partial charge in [-0.1, -0.05) is 55.2 Å². The van der Waals surface area contributed by atoms with Crippen molar-refractivity contribution in [2.24, 2.45) is 11.7 Å². The minimum Gasteiger partial charge on any atom is -0.475 e. The van der Waals surface area contributed by atoms with Gasteiger partial charge >= 0.3 is 12.1 Å². The Balaban J connectivity index is 0.000000676. The number of para-hydroxylation sites is 1. The van der Waals surface area contributed by atoms with Crippen LogP contribution >= 0.6 is 23.2 Å². The van der Waals surface area contributed by atoms with Crippen molar-refractivity contribution in [3.05, 3.63) is 63.0 Å². The zero-order chi connectivity index (χ0) is 32.9. The average Bonchev–Trinajstić information content (AvgIpc) is 3.29. The van der Waals surface area contributed by atoms with Crippen LogP contribution in [0.3, 0.4) is 0 Å². The third-order valence-corrected chi connectivity index (χ3v) is 7.61. The second-order valence-electron chi connectivity index (χ2n) is 10.6. The molecular weight excluding hydrogens is 622 g/mol. The van der Waals surface area contributed by atoms with Crippen molar-refractivity contribution in [1.82, 2.24) is 19.0 Å². The molecule has 4 aromatic rings. The van der Waals surface area contributed by atoms with Crippen LogP contribution < -0.4 is 11.3 Å². The molecular formula is C30H34Cl2F3N5O4. The van der Waals surface area contributed by atoms with Crippen molar-refractivity contribution >= 4 is 57.0 Å². The summed E-state index contributed by atoms with van der Waals surface area (Å²) < 4.78 is 35.3. The van der Waals surface area contributed by atoms with Crippen LogP contribution in [0.2, 0.25) is 10.0 Å². The van der Waals surface area contributed by atoms with E-state index in [2.05, 4.69) is 13.8 Å². The minimum absolute atomic E-state index is 0.0160. The lowest BCUT2D eigenvalue weighted by molar-refractivity contribution is -0.192. The summed E-state index contributed by atoms with van der Waals surface area (Å²) in [6.45, 7) is 9.89. The van der Waals surface area contributed by atoms with Crippen LogP contribution in [0.25, 0.3) is 33.2 Å². The number of carbonyl (C=O) groups is 2. The highest BCUT2D eigenvalue weighted by atomic mass is 35.5. The summed E-state index contributed by atoms with van der Waals surface area (Å²) in [5, 5.41) is 8.68. The zero-order valence-corrected chi connectivity index (χ0v) is 26.2. The number of likely N-dealkylation sites (N-methyl/N-ethyl adjacent to an activating group) is 1. The van der Waals surface area contributed by atoms with Crippen LogP contribution in [0.1, 0.15) is 34.1 Å². The lowest BCUT2D eigenvalue weighted by Gasteiger charge is -2.19. The first kappa shape index (κ1) is 34.9. The van der Waals surface area contributed by atoms with E-state index in [1.54, 1.807) is 21.6 Å².